The van der Waals surface area contributed by atoms with Crippen LogP contribution >= 0.6 is 11.3 Å². The molecule has 0 radical (unpaired) electrons. The van der Waals surface area contributed by atoms with Gasteiger partial charge >= 0.3 is 17.8 Å². The van der Waals surface area contributed by atoms with Gasteiger partial charge in [-0.3, -0.25) is 14.5 Å². The molecule has 2 atom stereocenters. The Balaban J connectivity index is 1.68. The van der Waals surface area contributed by atoms with E-state index in [1.54, 1.807) is 37.3 Å². The van der Waals surface area contributed by atoms with E-state index in [0.29, 0.717) is 29.0 Å². The Morgan fingerprint density at radius 1 is 1.05 bits per heavy atom. The van der Waals surface area contributed by atoms with Crippen LogP contribution in [-0.4, -0.2) is 54.0 Å². The molecule has 2 aromatic carbocycles. The summed E-state index contributed by atoms with van der Waals surface area (Å²) in [7, 11) is 2.50. The monoisotopic (exact) mass is 548 g/mol. The minimum atomic E-state index is -1.09. The van der Waals surface area contributed by atoms with Crippen molar-refractivity contribution < 1.29 is 38.5 Å². The van der Waals surface area contributed by atoms with E-state index in [2.05, 4.69) is 4.98 Å². The maximum absolute atomic E-state index is 13.5. The summed E-state index contributed by atoms with van der Waals surface area (Å²) in [5.74, 6) is -2.66. The third kappa shape index (κ3) is 4.44. The molecule has 1 saturated heterocycles. The summed E-state index contributed by atoms with van der Waals surface area (Å²) in [6.07, 6.45) is 0.617. The predicted octanol–water partition coefficient (Wildman–Crippen LogP) is 3.97. The number of aliphatic hydroxyl groups is 1. The first kappa shape index (κ1) is 26.1. The van der Waals surface area contributed by atoms with Crippen molar-refractivity contribution >= 4 is 45.9 Å². The Morgan fingerprint density at radius 3 is 2.38 bits per heavy atom. The van der Waals surface area contributed by atoms with Crippen molar-refractivity contribution in [3.05, 3.63) is 80.9 Å². The molecular formula is C28H24N2O8S. The summed E-state index contributed by atoms with van der Waals surface area (Å²) < 4.78 is 15.3. The molecule has 0 saturated carbocycles. The van der Waals surface area contributed by atoms with Gasteiger partial charge in [-0.25, -0.2) is 14.6 Å². The van der Waals surface area contributed by atoms with Gasteiger partial charge in [0.1, 0.15) is 22.5 Å². The van der Waals surface area contributed by atoms with Gasteiger partial charge in [-0.2, -0.15) is 0 Å². The van der Waals surface area contributed by atoms with Crippen molar-refractivity contribution in [2.45, 2.75) is 32.4 Å². The number of ketones is 1. The van der Waals surface area contributed by atoms with Gasteiger partial charge in [-0.15, -0.1) is 0 Å². The number of thiazole rings is 1. The van der Waals surface area contributed by atoms with Crippen LogP contribution in [0.5, 0.6) is 5.75 Å². The summed E-state index contributed by atoms with van der Waals surface area (Å²) in [4.78, 5) is 56.8. The van der Waals surface area contributed by atoms with E-state index < -0.39 is 29.7 Å². The number of anilines is 1. The molecule has 0 bridgehead atoms. The Morgan fingerprint density at radius 2 is 1.72 bits per heavy atom. The van der Waals surface area contributed by atoms with Gasteiger partial charge < -0.3 is 19.3 Å². The van der Waals surface area contributed by atoms with Gasteiger partial charge in [-0.1, -0.05) is 23.5 Å². The van der Waals surface area contributed by atoms with Crippen LogP contribution in [0.2, 0.25) is 0 Å². The number of rotatable bonds is 5. The van der Waals surface area contributed by atoms with Crippen molar-refractivity contribution in [1.29, 1.82) is 0 Å². The molecule has 39 heavy (non-hydrogen) atoms. The second-order valence-corrected chi connectivity index (χ2v) is 10.1. The number of fused-ring (bicyclic) bond motifs is 1. The molecule has 0 aliphatic carbocycles. The molecule has 2 unspecified atom stereocenters. The fraction of sp³-hybridized carbons (Fsp3) is 0.250. The fourth-order valence-electron chi connectivity index (χ4n) is 4.76. The van der Waals surface area contributed by atoms with Crippen LogP contribution in [0.15, 0.2) is 48.0 Å². The maximum Gasteiger partial charge on any atom is 0.350 e. The molecule has 1 N–H and O–H groups in total. The van der Waals surface area contributed by atoms with Crippen molar-refractivity contribution in [2.24, 2.45) is 0 Å². The van der Waals surface area contributed by atoms with Crippen LogP contribution < -0.4 is 9.64 Å². The molecule has 3 aromatic rings. The van der Waals surface area contributed by atoms with Gasteiger partial charge in [0.05, 0.1) is 37.1 Å². The quantitative estimate of drug-likeness (QED) is 0.218. The Labute approximate surface area is 227 Å². The largest absolute Gasteiger partial charge is 0.507 e. The number of carbonyl (C=O) groups excluding carboxylic acids is 4. The number of aromatic nitrogens is 1. The second kappa shape index (κ2) is 9.99. The molecule has 1 fully saturated rings. The van der Waals surface area contributed by atoms with Crippen LogP contribution in [0.25, 0.3) is 5.76 Å². The lowest BCUT2D eigenvalue weighted by Crippen LogP contribution is -2.29. The number of carbonyl (C=O) groups is 4. The van der Waals surface area contributed by atoms with Crippen LogP contribution in [0.1, 0.15) is 55.4 Å². The maximum atomic E-state index is 13.5. The van der Waals surface area contributed by atoms with Gasteiger partial charge in [0.2, 0.25) is 0 Å². The van der Waals surface area contributed by atoms with Gasteiger partial charge in [-0.05, 0) is 55.3 Å². The van der Waals surface area contributed by atoms with E-state index in [4.69, 9.17) is 14.2 Å². The van der Waals surface area contributed by atoms with E-state index >= 15 is 0 Å². The predicted molar refractivity (Wildman–Crippen MR) is 141 cm³/mol. The molecule has 2 aliphatic heterocycles. The van der Waals surface area contributed by atoms with E-state index in [9.17, 15) is 24.3 Å². The van der Waals surface area contributed by atoms with Crippen LogP contribution in [0.4, 0.5) is 5.13 Å². The number of amides is 1. The standard InChI is InChI=1S/C28H24N2O8S/c1-13-11-18-12-17(9-10-19(18)38-13)22(31)20-21(15-5-7-16(8-6-15)26(34)36-3)30(25(33)23(20)32)28-29-14(2)24(39-28)27(35)37-4/h5-10,12-13,21,31H,11H2,1-4H3/b22-20-. The molecule has 0 spiro atoms. The number of esters is 2. The number of hydrogen-bond donors (Lipinski definition) is 1. The number of aliphatic hydroxyl groups excluding tert-OH is 1. The van der Waals surface area contributed by atoms with Crippen LogP contribution in [0, 0.1) is 6.92 Å². The highest BCUT2D eigenvalue weighted by Crippen LogP contribution is 2.44. The SMILES string of the molecule is COC(=O)c1ccc(C2/C(=C(/O)c3ccc4c(c3)CC(C)O4)C(=O)C(=O)N2c2nc(C)c(C(=O)OC)s2)cc1. The van der Waals surface area contributed by atoms with E-state index in [0.717, 1.165) is 21.8 Å². The highest BCUT2D eigenvalue weighted by molar-refractivity contribution is 7.17. The molecule has 1 amide bonds. The molecule has 5 rings (SSSR count). The number of nitrogens with zero attached hydrogens (tertiary/aromatic N) is 2. The minimum absolute atomic E-state index is 0.0200. The lowest BCUT2D eigenvalue weighted by atomic mass is 9.94. The number of aryl methyl sites for hydroxylation is 1. The summed E-state index contributed by atoms with van der Waals surface area (Å²) in [5.41, 5.74) is 2.11. The van der Waals surface area contributed by atoms with Gasteiger partial charge in [0.15, 0.2) is 5.13 Å². The normalized spacial score (nSPS) is 19.5. The summed E-state index contributed by atoms with van der Waals surface area (Å²) in [6, 6.07) is 10.1. The highest BCUT2D eigenvalue weighted by Gasteiger charge is 2.48. The molecule has 1 aromatic heterocycles. The average molecular weight is 549 g/mol. The second-order valence-electron chi connectivity index (χ2n) is 9.14. The Bertz CT molecular complexity index is 1560. The third-order valence-electron chi connectivity index (χ3n) is 6.62. The van der Waals surface area contributed by atoms with E-state index in [1.807, 2.05) is 6.92 Å². The number of methoxy groups -OCH3 is 2. The first-order valence-electron chi connectivity index (χ1n) is 12.0. The Kier molecular flexibility index (Phi) is 6.69. The highest BCUT2D eigenvalue weighted by atomic mass is 32.1. The number of Topliss-reactive ketones (excluding diaryl/α,β-unsaturated/α-hetero) is 1. The van der Waals surface area contributed by atoms with Crippen LogP contribution in [-0.2, 0) is 25.5 Å². The topological polar surface area (TPSA) is 132 Å². The van der Waals surface area contributed by atoms with E-state index in [1.165, 1.54) is 26.4 Å². The zero-order chi connectivity index (χ0) is 28.0. The fourth-order valence-corrected chi connectivity index (χ4v) is 5.77. The smallest absolute Gasteiger partial charge is 0.350 e. The van der Waals surface area contributed by atoms with Gasteiger partial charge in [0, 0.05) is 12.0 Å². The zero-order valence-electron chi connectivity index (χ0n) is 21.5. The first-order chi connectivity index (χ1) is 18.6. The van der Waals surface area contributed by atoms with Crippen molar-refractivity contribution in [3.8, 4) is 5.75 Å². The van der Waals surface area contributed by atoms with Crippen LogP contribution in [0.3, 0.4) is 0 Å². The van der Waals surface area contributed by atoms with Crippen molar-refractivity contribution in [1.82, 2.24) is 4.98 Å². The van der Waals surface area contributed by atoms with E-state index in [-0.39, 0.29) is 33.0 Å². The van der Waals surface area contributed by atoms with Gasteiger partial charge in [0.25, 0.3) is 5.78 Å². The van der Waals surface area contributed by atoms with Crippen molar-refractivity contribution in [2.75, 3.05) is 19.1 Å². The molecule has 2 aliphatic rings. The number of hydrogen-bond acceptors (Lipinski definition) is 10. The molecular weight excluding hydrogens is 524 g/mol. The first-order valence-corrected chi connectivity index (χ1v) is 12.8. The minimum Gasteiger partial charge on any atom is -0.507 e. The number of benzene rings is 2. The lowest BCUT2D eigenvalue weighted by molar-refractivity contribution is -0.132. The van der Waals surface area contributed by atoms with Crippen molar-refractivity contribution in [3.63, 3.8) is 0 Å². The Hall–Kier alpha value is -4.51. The molecule has 11 heteroatoms. The summed E-state index contributed by atoms with van der Waals surface area (Å²) in [6.45, 7) is 3.53. The number of ether oxygens (including phenoxy) is 3. The zero-order valence-corrected chi connectivity index (χ0v) is 22.3. The lowest BCUT2D eigenvalue weighted by Gasteiger charge is -2.23. The summed E-state index contributed by atoms with van der Waals surface area (Å²) in [5, 5.41) is 11.5. The summed E-state index contributed by atoms with van der Waals surface area (Å²) >= 11 is 0.904. The molecule has 3 heterocycles. The third-order valence-corrected chi connectivity index (χ3v) is 7.76. The molecule has 200 valence electrons. The molecule has 10 nitrogen and oxygen atoms in total. The average Bonchev–Trinajstić information content (AvgIpc) is 3.59.